The van der Waals surface area contributed by atoms with E-state index in [1.54, 1.807) is 30.1 Å². The van der Waals surface area contributed by atoms with Crippen molar-refractivity contribution in [2.45, 2.75) is 33.6 Å². The summed E-state index contributed by atoms with van der Waals surface area (Å²) in [5.74, 6) is 0.909. The van der Waals surface area contributed by atoms with E-state index in [2.05, 4.69) is 5.32 Å². The minimum absolute atomic E-state index is 0.0239. The van der Waals surface area contributed by atoms with Crippen LogP contribution in [0.4, 0.5) is 11.4 Å². The fourth-order valence-electron chi connectivity index (χ4n) is 3.15. The second-order valence-electron chi connectivity index (χ2n) is 6.65. The summed E-state index contributed by atoms with van der Waals surface area (Å²) in [5, 5.41) is 2.91. The Bertz CT molecular complexity index is 856. The molecule has 0 bridgehead atoms. The smallest absolute Gasteiger partial charge is 0.261 e. The molecule has 0 fully saturated rings. The molecule has 136 valence electrons. The summed E-state index contributed by atoms with van der Waals surface area (Å²) in [6, 6.07) is 10.9. The Balaban J connectivity index is 1.95. The summed E-state index contributed by atoms with van der Waals surface area (Å²) >= 11 is 0. The number of rotatable bonds is 4. The molecule has 0 atom stereocenters. The topological polar surface area (TPSA) is 58.6 Å². The number of hydrogen-bond acceptors (Lipinski definition) is 3. The van der Waals surface area contributed by atoms with Crippen LogP contribution in [0.1, 0.15) is 42.6 Å². The van der Waals surface area contributed by atoms with Crippen LogP contribution in [-0.2, 0) is 4.79 Å². The van der Waals surface area contributed by atoms with Crippen LogP contribution >= 0.6 is 0 Å². The molecule has 0 saturated heterocycles. The van der Waals surface area contributed by atoms with Crippen LogP contribution in [0, 0.1) is 12.8 Å². The first kappa shape index (κ1) is 18.0. The van der Waals surface area contributed by atoms with Crippen molar-refractivity contribution in [3.63, 3.8) is 0 Å². The average molecular weight is 352 g/mol. The van der Waals surface area contributed by atoms with Crippen LogP contribution in [-0.4, -0.2) is 18.9 Å². The molecule has 1 aliphatic heterocycles. The van der Waals surface area contributed by atoms with E-state index in [1.807, 2.05) is 39.0 Å². The number of carbonyl (C=O) groups excluding carboxylic acids is 2. The maximum atomic E-state index is 12.9. The number of fused-ring (bicyclic) bond motifs is 2. The fourth-order valence-corrected chi connectivity index (χ4v) is 3.15. The van der Waals surface area contributed by atoms with Gasteiger partial charge in [-0.15, -0.1) is 0 Å². The van der Waals surface area contributed by atoms with Gasteiger partial charge in [-0.3, -0.25) is 9.59 Å². The van der Waals surface area contributed by atoms with E-state index in [-0.39, 0.29) is 17.7 Å². The molecule has 0 aromatic heterocycles. The van der Waals surface area contributed by atoms with Crippen LogP contribution in [0.15, 0.2) is 36.4 Å². The molecule has 0 unspecified atom stereocenters. The standard InChI is InChI=1S/C21H24N2O3/c1-5-14(6-2)20(24)22-15-8-10-18-16(12-15)21(25)23(4)17-11-13(3)7-9-19(17)26-18/h7-12,14H,5-6H2,1-4H3,(H,22,24). The maximum absolute atomic E-state index is 12.9. The Kier molecular flexibility index (Phi) is 4.98. The lowest BCUT2D eigenvalue weighted by atomic mass is 10.0. The second kappa shape index (κ2) is 7.20. The number of carbonyl (C=O) groups is 2. The van der Waals surface area contributed by atoms with Crippen molar-refractivity contribution < 1.29 is 14.3 Å². The van der Waals surface area contributed by atoms with E-state index >= 15 is 0 Å². The van der Waals surface area contributed by atoms with Crippen molar-refractivity contribution in [3.8, 4) is 11.5 Å². The summed E-state index contributed by atoms with van der Waals surface area (Å²) in [6.45, 7) is 5.97. The monoisotopic (exact) mass is 352 g/mol. The van der Waals surface area contributed by atoms with Gasteiger partial charge in [0.15, 0.2) is 5.75 Å². The predicted octanol–water partition coefficient (Wildman–Crippen LogP) is 4.75. The molecule has 0 aliphatic carbocycles. The molecule has 1 heterocycles. The molecule has 1 aliphatic rings. The third kappa shape index (κ3) is 3.29. The Morgan fingerprint density at radius 2 is 1.81 bits per heavy atom. The molecule has 5 nitrogen and oxygen atoms in total. The quantitative estimate of drug-likeness (QED) is 0.864. The van der Waals surface area contributed by atoms with Crippen LogP contribution < -0.4 is 15.0 Å². The minimum atomic E-state index is -0.164. The largest absolute Gasteiger partial charge is 0.454 e. The van der Waals surface area contributed by atoms with Gasteiger partial charge >= 0.3 is 0 Å². The van der Waals surface area contributed by atoms with Gasteiger partial charge in [0.2, 0.25) is 5.91 Å². The summed E-state index contributed by atoms with van der Waals surface area (Å²) in [7, 11) is 1.73. The summed E-state index contributed by atoms with van der Waals surface area (Å²) in [5.41, 5.74) is 2.82. The van der Waals surface area contributed by atoms with Crippen molar-refractivity contribution in [1.29, 1.82) is 0 Å². The number of hydrogen-bond donors (Lipinski definition) is 1. The number of nitrogens with zero attached hydrogens (tertiary/aromatic N) is 1. The lowest BCUT2D eigenvalue weighted by Crippen LogP contribution is -2.26. The van der Waals surface area contributed by atoms with Crippen LogP contribution in [0.3, 0.4) is 0 Å². The average Bonchev–Trinajstić information content (AvgIpc) is 2.73. The summed E-state index contributed by atoms with van der Waals surface area (Å²) in [4.78, 5) is 26.8. The molecule has 0 saturated carbocycles. The number of anilines is 2. The zero-order valence-corrected chi connectivity index (χ0v) is 15.6. The lowest BCUT2D eigenvalue weighted by molar-refractivity contribution is -0.120. The van der Waals surface area contributed by atoms with Crippen molar-refractivity contribution in [2.75, 3.05) is 17.3 Å². The van der Waals surface area contributed by atoms with Crippen LogP contribution in [0.2, 0.25) is 0 Å². The molecule has 2 aromatic carbocycles. The zero-order valence-electron chi connectivity index (χ0n) is 15.6. The molecule has 0 spiro atoms. The Morgan fingerprint density at radius 3 is 2.50 bits per heavy atom. The van der Waals surface area contributed by atoms with E-state index in [0.717, 1.165) is 24.1 Å². The van der Waals surface area contributed by atoms with Crippen molar-refractivity contribution in [1.82, 2.24) is 0 Å². The Labute approximate surface area is 154 Å². The van der Waals surface area contributed by atoms with Gasteiger partial charge in [0.05, 0.1) is 11.3 Å². The first-order chi connectivity index (χ1) is 12.4. The zero-order chi connectivity index (χ0) is 18.8. The van der Waals surface area contributed by atoms with Gasteiger partial charge in [-0.05, 0) is 55.7 Å². The van der Waals surface area contributed by atoms with Gasteiger partial charge in [0, 0.05) is 18.7 Å². The van der Waals surface area contributed by atoms with Gasteiger partial charge in [0.1, 0.15) is 5.75 Å². The SMILES string of the molecule is CCC(CC)C(=O)Nc1ccc2c(c1)C(=O)N(C)c1cc(C)ccc1O2. The third-order valence-corrected chi connectivity index (χ3v) is 4.83. The van der Waals surface area contributed by atoms with E-state index in [9.17, 15) is 9.59 Å². The summed E-state index contributed by atoms with van der Waals surface area (Å²) < 4.78 is 5.97. The van der Waals surface area contributed by atoms with Crippen LogP contribution in [0.25, 0.3) is 0 Å². The number of amides is 2. The highest BCUT2D eigenvalue weighted by molar-refractivity contribution is 6.10. The van der Waals surface area contributed by atoms with E-state index in [4.69, 9.17) is 4.74 Å². The molecule has 1 N–H and O–H groups in total. The molecular formula is C21H24N2O3. The Morgan fingerprint density at radius 1 is 1.12 bits per heavy atom. The Hall–Kier alpha value is -2.82. The van der Waals surface area contributed by atoms with E-state index in [0.29, 0.717) is 22.7 Å². The predicted molar refractivity (Wildman–Crippen MR) is 103 cm³/mol. The minimum Gasteiger partial charge on any atom is -0.454 e. The van der Waals surface area contributed by atoms with E-state index < -0.39 is 0 Å². The molecule has 2 aromatic rings. The maximum Gasteiger partial charge on any atom is 0.261 e. The first-order valence-corrected chi connectivity index (χ1v) is 8.96. The molecule has 2 amide bonds. The van der Waals surface area contributed by atoms with Gasteiger partial charge < -0.3 is 15.0 Å². The number of benzene rings is 2. The number of aryl methyl sites for hydroxylation is 1. The second-order valence-corrected chi connectivity index (χ2v) is 6.65. The summed E-state index contributed by atoms with van der Waals surface area (Å²) in [6.07, 6.45) is 1.57. The van der Waals surface area contributed by atoms with Crippen molar-refractivity contribution >= 4 is 23.2 Å². The highest BCUT2D eigenvalue weighted by atomic mass is 16.5. The van der Waals surface area contributed by atoms with Gasteiger partial charge in [-0.2, -0.15) is 0 Å². The number of ether oxygens (including phenoxy) is 1. The van der Waals surface area contributed by atoms with Crippen LogP contribution in [0.5, 0.6) is 11.5 Å². The molecule has 5 heteroatoms. The molecular weight excluding hydrogens is 328 g/mol. The third-order valence-electron chi connectivity index (χ3n) is 4.83. The van der Waals surface area contributed by atoms with Gasteiger partial charge in [-0.25, -0.2) is 0 Å². The lowest BCUT2D eigenvalue weighted by Gasteiger charge is -2.17. The van der Waals surface area contributed by atoms with Gasteiger partial charge in [0.25, 0.3) is 5.91 Å². The first-order valence-electron chi connectivity index (χ1n) is 8.96. The fraction of sp³-hybridized carbons (Fsp3) is 0.333. The normalized spacial score (nSPS) is 13.0. The van der Waals surface area contributed by atoms with Gasteiger partial charge in [-0.1, -0.05) is 19.9 Å². The molecule has 0 radical (unpaired) electrons. The van der Waals surface area contributed by atoms with E-state index in [1.165, 1.54) is 0 Å². The number of nitrogens with one attached hydrogen (secondary N) is 1. The molecule has 26 heavy (non-hydrogen) atoms. The van der Waals surface area contributed by atoms with Crippen molar-refractivity contribution in [2.24, 2.45) is 5.92 Å². The molecule has 3 rings (SSSR count). The highest BCUT2D eigenvalue weighted by Gasteiger charge is 2.26. The highest BCUT2D eigenvalue weighted by Crippen LogP contribution is 2.39. The van der Waals surface area contributed by atoms with Crippen molar-refractivity contribution in [3.05, 3.63) is 47.5 Å².